The molecule has 0 aliphatic carbocycles. The van der Waals surface area contributed by atoms with Crippen LogP contribution >= 0.6 is 0 Å². The highest BCUT2D eigenvalue weighted by Gasteiger charge is 2.46. The van der Waals surface area contributed by atoms with Crippen LogP contribution in [-0.2, 0) is 38.7 Å². The Kier molecular flexibility index (Phi) is 36.5. The highest BCUT2D eigenvalue weighted by molar-refractivity contribution is 7.85. The molecule has 364 valence electrons. The summed E-state index contributed by atoms with van der Waals surface area (Å²) >= 11 is 0. The molecule has 2 unspecified atom stereocenters. The maximum Gasteiger partial charge on any atom is 0.306 e. The quantitative estimate of drug-likeness (QED) is 0.0199. The van der Waals surface area contributed by atoms with Crippen LogP contribution in [0.1, 0.15) is 155 Å². The molecule has 0 aromatic carbocycles. The third-order valence-electron chi connectivity index (χ3n) is 10.1. The number of carbonyl (C=O) groups excluding carboxylic acids is 2. The molecule has 1 saturated heterocycles. The summed E-state index contributed by atoms with van der Waals surface area (Å²) in [5, 5.41) is 30.9. The Hall–Kier alpha value is -3.43. The van der Waals surface area contributed by atoms with E-state index in [1.807, 2.05) is 18.2 Å². The normalized spacial score (nSPS) is 20.5. The number of rotatable bonds is 38. The van der Waals surface area contributed by atoms with Crippen molar-refractivity contribution in [2.24, 2.45) is 0 Å². The van der Waals surface area contributed by atoms with Crippen molar-refractivity contribution in [3.05, 3.63) is 97.2 Å². The Balaban J connectivity index is 2.51. The fourth-order valence-electron chi connectivity index (χ4n) is 6.43. The van der Waals surface area contributed by atoms with Crippen LogP contribution in [-0.4, -0.2) is 96.0 Å². The second kappa shape index (κ2) is 39.9. The van der Waals surface area contributed by atoms with Gasteiger partial charge in [0.05, 0.1) is 6.61 Å². The number of hydrogen-bond donors (Lipinski definition) is 4. The monoisotopic (exact) mass is 919 g/mol. The second-order valence-electron chi connectivity index (χ2n) is 16.1. The number of ether oxygens (including phenoxy) is 4. The molecule has 1 heterocycles. The first-order valence-corrected chi connectivity index (χ1v) is 25.4. The predicted molar refractivity (Wildman–Crippen MR) is 256 cm³/mol. The van der Waals surface area contributed by atoms with Crippen molar-refractivity contribution in [2.45, 2.75) is 192 Å². The molecule has 1 aliphatic rings. The van der Waals surface area contributed by atoms with Gasteiger partial charge in [-0.05, 0) is 89.9 Å². The Morgan fingerprint density at radius 1 is 0.531 bits per heavy atom. The fourth-order valence-corrected chi connectivity index (χ4v) is 7.12. The van der Waals surface area contributed by atoms with E-state index in [0.29, 0.717) is 19.3 Å². The van der Waals surface area contributed by atoms with Crippen LogP contribution in [0, 0.1) is 0 Å². The van der Waals surface area contributed by atoms with Crippen molar-refractivity contribution in [2.75, 3.05) is 19.0 Å². The molecule has 1 fully saturated rings. The fraction of sp³-hybridized carbons (Fsp3) is 0.647. The van der Waals surface area contributed by atoms with Gasteiger partial charge < -0.3 is 34.3 Å². The SMILES string of the molecule is CCCCC/C=C/C/C=C/C/C=C/C/C=C/C/C=C/CCC(=O)O[C@H](COC(=O)CCCCCC/C=C/C/C=C/C/C=C/CCCCC)CO[C@H]1O[C@H](CS(=O)(=O)O)[C@@H](O)C(O)C1O. The lowest BCUT2D eigenvalue weighted by Gasteiger charge is -2.40. The first kappa shape index (κ1) is 58.6. The van der Waals surface area contributed by atoms with Gasteiger partial charge in [0, 0.05) is 12.8 Å². The summed E-state index contributed by atoms with van der Waals surface area (Å²) < 4.78 is 54.0. The van der Waals surface area contributed by atoms with Gasteiger partial charge in [0.15, 0.2) is 12.4 Å². The van der Waals surface area contributed by atoms with E-state index in [4.69, 9.17) is 18.9 Å². The molecular formula is C51H82O12S. The zero-order chi connectivity index (χ0) is 46.9. The summed E-state index contributed by atoms with van der Waals surface area (Å²) in [6.45, 7) is 3.61. The van der Waals surface area contributed by atoms with E-state index in [-0.39, 0.29) is 19.4 Å². The van der Waals surface area contributed by atoms with Crippen LogP contribution in [0.3, 0.4) is 0 Å². The van der Waals surface area contributed by atoms with Crippen molar-refractivity contribution >= 4 is 22.1 Å². The topological polar surface area (TPSA) is 186 Å². The molecule has 1 aliphatic heterocycles. The largest absolute Gasteiger partial charge is 0.462 e. The number of aliphatic hydroxyl groups excluding tert-OH is 3. The summed E-state index contributed by atoms with van der Waals surface area (Å²) in [7, 11) is -4.62. The summed E-state index contributed by atoms with van der Waals surface area (Å²) in [6.07, 6.45) is 44.5. The van der Waals surface area contributed by atoms with Crippen molar-refractivity contribution < 1.29 is 56.8 Å². The summed E-state index contributed by atoms with van der Waals surface area (Å²) in [6, 6.07) is 0. The lowest BCUT2D eigenvalue weighted by molar-refractivity contribution is -0.297. The molecular weight excluding hydrogens is 837 g/mol. The number of aliphatic hydroxyl groups is 3. The van der Waals surface area contributed by atoms with E-state index >= 15 is 0 Å². The van der Waals surface area contributed by atoms with Crippen LogP contribution in [0.5, 0.6) is 0 Å². The Labute approximate surface area is 385 Å². The van der Waals surface area contributed by atoms with Gasteiger partial charge in [-0.1, -0.05) is 150 Å². The minimum Gasteiger partial charge on any atom is -0.462 e. The van der Waals surface area contributed by atoms with Crippen LogP contribution in [0.15, 0.2) is 97.2 Å². The van der Waals surface area contributed by atoms with Gasteiger partial charge in [0.25, 0.3) is 10.1 Å². The number of allylic oxidation sites excluding steroid dienone is 16. The molecule has 0 spiro atoms. The minimum absolute atomic E-state index is 0.0300. The maximum atomic E-state index is 12.8. The summed E-state index contributed by atoms with van der Waals surface area (Å²) in [5.74, 6) is -2.13. The van der Waals surface area contributed by atoms with E-state index < -0.39 is 71.2 Å². The molecule has 0 saturated carbocycles. The van der Waals surface area contributed by atoms with Crippen molar-refractivity contribution in [3.63, 3.8) is 0 Å². The number of esters is 2. The summed E-state index contributed by atoms with van der Waals surface area (Å²) in [5.41, 5.74) is 0. The van der Waals surface area contributed by atoms with E-state index in [0.717, 1.165) is 70.6 Å². The van der Waals surface area contributed by atoms with E-state index in [1.54, 1.807) is 0 Å². The lowest BCUT2D eigenvalue weighted by atomic mass is 10.00. The Morgan fingerprint density at radius 2 is 0.969 bits per heavy atom. The average molecular weight is 919 g/mol. The predicted octanol–water partition coefficient (Wildman–Crippen LogP) is 10.2. The van der Waals surface area contributed by atoms with E-state index in [9.17, 15) is 37.9 Å². The molecule has 12 nitrogen and oxygen atoms in total. The molecule has 0 amide bonds. The zero-order valence-corrected chi connectivity index (χ0v) is 39.7. The summed E-state index contributed by atoms with van der Waals surface area (Å²) in [4.78, 5) is 25.4. The van der Waals surface area contributed by atoms with Gasteiger partial charge in [-0.2, -0.15) is 8.42 Å². The Bertz CT molecular complexity index is 1540. The van der Waals surface area contributed by atoms with Crippen molar-refractivity contribution in [1.29, 1.82) is 0 Å². The Morgan fingerprint density at radius 3 is 1.44 bits per heavy atom. The molecule has 0 radical (unpaired) electrons. The number of hydrogen-bond acceptors (Lipinski definition) is 11. The van der Waals surface area contributed by atoms with Crippen LogP contribution in [0.2, 0.25) is 0 Å². The highest BCUT2D eigenvalue weighted by atomic mass is 32.2. The van der Waals surface area contributed by atoms with Crippen molar-refractivity contribution in [1.82, 2.24) is 0 Å². The second-order valence-corrected chi connectivity index (χ2v) is 17.6. The zero-order valence-electron chi connectivity index (χ0n) is 38.8. The molecule has 6 atom stereocenters. The van der Waals surface area contributed by atoms with Gasteiger partial charge in [0.2, 0.25) is 0 Å². The highest BCUT2D eigenvalue weighted by Crippen LogP contribution is 2.24. The van der Waals surface area contributed by atoms with Gasteiger partial charge in [-0.15, -0.1) is 0 Å². The minimum atomic E-state index is -4.62. The first-order chi connectivity index (χ1) is 31.0. The standard InChI is InChI=1S/C51H82O12S/c1-3-5-7-9-11-13-15-17-19-21-22-24-26-28-30-32-34-36-38-40-47(53)62-44(42-61-51-50(56)49(55)48(54)45(63-51)43-64(57,58)59)41-60-46(52)39-37-35-33-31-29-27-25-23-20-18-16-14-12-10-8-6-4-2/h11-14,17-20,22,24-25,27-28,30,34,36,44-45,48-51,54-56H,3-10,15-16,21,23,26,29,31-33,35,37-43H2,1-2H3,(H,57,58,59)/b13-11+,14-12+,19-17+,20-18+,24-22+,27-25+,30-28+,36-34+/t44-,45-,48-,49?,50?,51+/m1/s1. The molecule has 0 bridgehead atoms. The van der Waals surface area contributed by atoms with Crippen LogP contribution in [0.4, 0.5) is 0 Å². The van der Waals surface area contributed by atoms with Gasteiger partial charge in [-0.25, -0.2) is 0 Å². The smallest absolute Gasteiger partial charge is 0.306 e. The van der Waals surface area contributed by atoms with Gasteiger partial charge >= 0.3 is 11.9 Å². The van der Waals surface area contributed by atoms with E-state index in [1.165, 1.54) is 38.5 Å². The average Bonchev–Trinajstić information content (AvgIpc) is 3.26. The first-order valence-electron chi connectivity index (χ1n) is 23.8. The molecule has 0 aromatic heterocycles. The third-order valence-corrected chi connectivity index (χ3v) is 10.9. The van der Waals surface area contributed by atoms with Crippen molar-refractivity contribution in [3.8, 4) is 0 Å². The van der Waals surface area contributed by atoms with E-state index in [2.05, 4.69) is 92.8 Å². The molecule has 13 heteroatoms. The van der Waals surface area contributed by atoms with Crippen LogP contribution < -0.4 is 0 Å². The van der Waals surface area contributed by atoms with Gasteiger partial charge in [0.1, 0.15) is 36.8 Å². The van der Waals surface area contributed by atoms with Gasteiger partial charge in [-0.3, -0.25) is 14.1 Å². The molecule has 64 heavy (non-hydrogen) atoms. The third kappa shape index (κ3) is 34.0. The molecule has 0 aromatic rings. The number of carbonyl (C=O) groups is 2. The van der Waals surface area contributed by atoms with Crippen LogP contribution in [0.25, 0.3) is 0 Å². The lowest BCUT2D eigenvalue weighted by Crippen LogP contribution is -2.60. The molecule has 1 rings (SSSR count). The number of unbranched alkanes of at least 4 members (excludes halogenated alkanes) is 10. The maximum absolute atomic E-state index is 12.8. The molecule has 4 N–H and O–H groups in total.